The van der Waals surface area contributed by atoms with Gasteiger partial charge in [-0.25, -0.2) is 9.67 Å². The van der Waals surface area contributed by atoms with Crippen LogP contribution in [0.5, 0.6) is 0 Å². The average Bonchev–Trinajstić information content (AvgIpc) is 3.38. The molecule has 7 nitrogen and oxygen atoms in total. The lowest BCUT2D eigenvalue weighted by atomic mass is 10.2. The standard InChI is InChI=1S/C19H20N4O3/c1-2-12(25)10-23-19(17-8-7-13(11-24)26-17)21-18(22-23)15-9-20-16-6-4-3-5-14(15)16/h3-9,12,20,24-25H,2,10-11H2,1H3/t12-/m1/s1. The van der Waals surface area contributed by atoms with E-state index in [9.17, 15) is 10.2 Å². The van der Waals surface area contributed by atoms with Crippen LogP contribution in [0.25, 0.3) is 33.9 Å². The predicted molar refractivity (Wildman–Crippen MR) is 97.2 cm³/mol. The summed E-state index contributed by atoms with van der Waals surface area (Å²) in [5.41, 5.74) is 1.90. The van der Waals surface area contributed by atoms with Crippen LogP contribution in [0.1, 0.15) is 19.1 Å². The number of rotatable bonds is 6. The van der Waals surface area contributed by atoms with Crippen molar-refractivity contribution in [2.45, 2.75) is 32.6 Å². The normalized spacial score (nSPS) is 12.7. The maximum atomic E-state index is 10.1. The SMILES string of the molecule is CC[C@@H](O)Cn1nc(-c2c[nH]c3ccccc23)nc1-c1ccc(CO)o1. The first-order valence-corrected chi connectivity index (χ1v) is 8.59. The minimum atomic E-state index is -0.529. The molecule has 0 amide bonds. The van der Waals surface area contributed by atoms with Crippen LogP contribution in [-0.2, 0) is 13.2 Å². The quantitative estimate of drug-likeness (QED) is 0.495. The fourth-order valence-electron chi connectivity index (χ4n) is 2.93. The maximum Gasteiger partial charge on any atom is 0.194 e. The Morgan fingerprint density at radius 1 is 1.23 bits per heavy atom. The largest absolute Gasteiger partial charge is 0.455 e. The van der Waals surface area contributed by atoms with Crippen LogP contribution in [0.15, 0.2) is 47.0 Å². The second-order valence-corrected chi connectivity index (χ2v) is 6.18. The monoisotopic (exact) mass is 352 g/mol. The zero-order valence-electron chi connectivity index (χ0n) is 14.4. The lowest BCUT2D eigenvalue weighted by Crippen LogP contribution is -2.16. The van der Waals surface area contributed by atoms with E-state index in [1.807, 2.05) is 37.4 Å². The van der Waals surface area contributed by atoms with Crippen molar-refractivity contribution in [2.24, 2.45) is 0 Å². The molecule has 7 heteroatoms. The number of nitrogens with one attached hydrogen (secondary N) is 1. The molecule has 0 saturated heterocycles. The minimum absolute atomic E-state index is 0.180. The Balaban J connectivity index is 1.82. The van der Waals surface area contributed by atoms with Gasteiger partial charge in [0.1, 0.15) is 12.4 Å². The number of aliphatic hydroxyl groups excluding tert-OH is 2. The first-order chi connectivity index (χ1) is 12.7. The van der Waals surface area contributed by atoms with Crippen LogP contribution in [0.4, 0.5) is 0 Å². The van der Waals surface area contributed by atoms with Crippen LogP contribution in [0, 0.1) is 0 Å². The van der Waals surface area contributed by atoms with Gasteiger partial charge >= 0.3 is 0 Å². The highest BCUT2D eigenvalue weighted by molar-refractivity contribution is 5.93. The first-order valence-electron chi connectivity index (χ1n) is 8.59. The molecule has 3 aromatic heterocycles. The van der Waals surface area contributed by atoms with Crippen LogP contribution in [-0.4, -0.2) is 36.1 Å². The number of aliphatic hydroxyl groups is 2. The molecule has 3 heterocycles. The number of aromatic nitrogens is 4. The predicted octanol–water partition coefficient (Wildman–Crippen LogP) is 2.95. The number of nitrogens with zero attached hydrogens (tertiary/aromatic N) is 3. The van der Waals surface area contributed by atoms with E-state index < -0.39 is 6.10 Å². The van der Waals surface area contributed by atoms with Crippen molar-refractivity contribution < 1.29 is 14.6 Å². The van der Waals surface area contributed by atoms with Gasteiger partial charge < -0.3 is 19.6 Å². The topological polar surface area (TPSA) is 100 Å². The molecule has 0 unspecified atom stereocenters. The van der Waals surface area contributed by atoms with Crippen molar-refractivity contribution in [1.82, 2.24) is 19.7 Å². The highest BCUT2D eigenvalue weighted by atomic mass is 16.4. The summed E-state index contributed by atoms with van der Waals surface area (Å²) in [5, 5.41) is 25.0. The third-order valence-electron chi connectivity index (χ3n) is 4.39. The van der Waals surface area contributed by atoms with Gasteiger partial charge in [0.2, 0.25) is 0 Å². The number of aromatic amines is 1. The highest BCUT2D eigenvalue weighted by Crippen LogP contribution is 2.29. The van der Waals surface area contributed by atoms with E-state index in [1.165, 1.54) is 0 Å². The van der Waals surface area contributed by atoms with E-state index in [0.717, 1.165) is 16.5 Å². The Labute approximate surface area is 149 Å². The summed E-state index contributed by atoms with van der Waals surface area (Å²) in [5.74, 6) is 2.05. The van der Waals surface area contributed by atoms with Crippen LogP contribution >= 0.6 is 0 Å². The molecule has 1 aromatic carbocycles. The van der Waals surface area contributed by atoms with E-state index >= 15 is 0 Å². The van der Waals surface area contributed by atoms with Crippen LogP contribution < -0.4 is 0 Å². The Bertz CT molecular complexity index is 1030. The molecular formula is C19H20N4O3. The van der Waals surface area contributed by atoms with Gasteiger partial charge in [-0.3, -0.25) is 0 Å². The van der Waals surface area contributed by atoms with E-state index in [2.05, 4.69) is 15.1 Å². The molecule has 4 aromatic rings. The molecule has 26 heavy (non-hydrogen) atoms. The Morgan fingerprint density at radius 2 is 2.08 bits per heavy atom. The molecule has 0 saturated carbocycles. The summed E-state index contributed by atoms with van der Waals surface area (Å²) in [6.07, 6.45) is 1.96. The van der Waals surface area contributed by atoms with Gasteiger partial charge in [0.25, 0.3) is 0 Å². The van der Waals surface area contributed by atoms with Crippen molar-refractivity contribution in [3.05, 3.63) is 48.4 Å². The van der Waals surface area contributed by atoms with Gasteiger partial charge in [-0.1, -0.05) is 25.1 Å². The number of hydrogen-bond acceptors (Lipinski definition) is 5. The smallest absolute Gasteiger partial charge is 0.194 e. The van der Waals surface area contributed by atoms with Gasteiger partial charge in [-0.15, -0.1) is 0 Å². The molecule has 134 valence electrons. The first kappa shape index (κ1) is 16.6. The molecule has 0 aliphatic carbocycles. The van der Waals surface area contributed by atoms with Gasteiger partial charge in [0.15, 0.2) is 17.4 Å². The third kappa shape index (κ3) is 2.91. The molecule has 0 fully saturated rings. The second kappa shape index (κ2) is 6.78. The van der Waals surface area contributed by atoms with Gasteiger partial charge in [-0.2, -0.15) is 5.10 Å². The molecule has 0 aliphatic rings. The number of furan rings is 1. The average molecular weight is 352 g/mol. The summed E-state index contributed by atoms with van der Waals surface area (Å²) in [6.45, 7) is 2.05. The summed E-state index contributed by atoms with van der Waals surface area (Å²) in [7, 11) is 0. The molecular weight excluding hydrogens is 332 g/mol. The van der Waals surface area contributed by atoms with Crippen molar-refractivity contribution in [1.29, 1.82) is 0 Å². The fourth-order valence-corrected chi connectivity index (χ4v) is 2.93. The maximum absolute atomic E-state index is 10.1. The summed E-state index contributed by atoms with van der Waals surface area (Å²) in [6, 6.07) is 11.4. The lowest BCUT2D eigenvalue weighted by molar-refractivity contribution is 0.145. The zero-order valence-corrected chi connectivity index (χ0v) is 14.4. The van der Waals surface area contributed by atoms with E-state index in [0.29, 0.717) is 36.1 Å². The Morgan fingerprint density at radius 3 is 2.85 bits per heavy atom. The zero-order chi connectivity index (χ0) is 18.1. The van der Waals surface area contributed by atoms with Crippen molar-refractivity contribution >= 4 is 10.9 Å². The van der Waals surface area contributed by atoms with E-state index in [1.54, 1.807) is 16.8 Å². The Hall–Kier alpha value is -2.90. The number of benzene rings is 1. The fraction of sp³-hybridized carbons (Fsp3) is 0.263. The number of fused-ring (bicyclic) bond motifs is 1. The lowest BCUT2D eigenvalue weighted by Gasteiger charge is -2.08. The summed E-state index contributed by atoms with van der Waals surface area (Å²) in [4.78, 5) is 7.88. The molecule has 1 atom stereocenters. The molecule has 0 aliphatic heterocycles. The number of H-pyrrole nitrogens is 1. The van der Waals surface area contributed by atoms with Gasteiger partial charge in [0, 0.05) is 22.7 Å². The second-order valence-electron chi connectivity index (χ2n) is 6.18. The number of para-hydroxylation sites is 1. The van der Waals surface area contributed by atoms with Crippen LogP contribution in [0.3, 0.4) is 0 Å². The molecule has 0 radical (unpaired) electrons. The number of hydrogen-bond donors (Lipinski definition) is 3. The highest BCUT2D eigenvalue weighted by Gasteiger charge is 2.20. The Kier molecular flexibility index (Phi) is 4.32. The minimum Gasteiger partial charge on any atom is -0.455 e. The molecule has 4 rings (SSSR count). The molecule has 3 N–H and O–H groups in total. The van der Waals surface area contributed by atoms with Crippen LogP contribution in [0.2, 0.25) is 0 Å². The van der Waals surface area contributed by atoms with Crippen molar-refractivity contribution in [3.63, 3.8) is 0 Å². The van der Waals surface area contributed by atoms with E-state index in [4.69, 9.17) is 4.42 Å². The third-order valence-corrected chi connectivity index (χ3v) is 4.39. The van der Waals surface area contributed by atoms with Crippen molar-refractivity contribution in [3.8, 4) is 23.0 Å². The summed E-state index contributed by atoms with van der Waals surface area (Å²) >= 11 is 0. The van der Waals surface area contributed by atoms with E-state index in [-0.39, 0.29) is 6.61 Å². The summed E-state index contributed by atoms with van der Waals surface area (Å²) < 4.78 is 7.29. The molecule has 0 bridgehead atoms. The molecule has 0 spiro atoms. The van der Waals surface area contributed by atoms with Gasteiger partial charge in [-0.05, 0) is 24.6 Å². The van der Waals surface area contributed by atoms with Gasteiger partial charge in [0.05, 0.1) is 12.6 Å². The van der Waals surface area contributed by atoms with Crippen molar-refractivity contribution in [2.75, 3.05) is 0 Å².